The van der Waals surface area contributed by atoms with Crippen LogP contribution < -0.4 is 10.5 Å². The third-order valence-electron chi connectivity index (χ3n) is 2.28. The highest BCUT2D eigenvalue weighted by molar-refractivity contribution is 9.10. The van der Waals surface area contributed by atoms with E-state index in [0.717, 1.165) is 0 Å². The number of halogens is 1. The highest BCUT2D eigenvalue weighted by atomic mass is 79.9. The number of amides is 1. The number of hydrogen-bond donors (Lipinski definition) is 2. The lowest BCUT2D eigenvalue weighted by Gasteiger charge is -2.07. The third kappa shape index (κ3) is 3.09. The first-order valence-electron chi connectivity index (χ1n) is 5.31. The summed E-state index contributed by atoms with van der Waals surface area (Å²) in [6.45, 7) is 0. The number of nitrogens with zero attached hydrogens (tertiary/aromatic N) is 2. The van der Waals surface area contributed by atoms with Crippen LogP contribution >= 0.6 is 15.9 Å². The Morgan fingerprint density at radius 2 is 1.95 bits per heavy atom. The van der Waals surface area contributed by atoms with Crippen molar-refractivity contribution in [3.05, 3.63) is 46.1 Å². The van der Waals surface area contributed by atoms with Gasteiger partial charge in [0.05, 0.1) is 0 Å². The van der Waals surface area contributed by atoms with E-state index in [1.165, 1.54) is 24.3 Å². The maximum atomic E-state index is 11.1. The normalized spacial score (nSPS) is 10.1. The van der Waals surface area contributed by atoms with Crippen molar-refractivity contribution in [1.29, 1.82) is 0 Å². The molecule has 1 aromatic carbocycles. The Hall–Kier alpha value is -2.48. The maximum Gasteiger partial charge on any atom is 0.339 e. The van der Waals surface area contributed by atoms with E-state index < -0.39 is 11.9 Å². The van der Waals surface area contributed by atoms with Crippen molar-refractivity contribution in [1.82, 2.24) is 10.2 Å². The molecule has 0 aliphatic heterocycles. The zero-order chi connectivity index (χ0) is 14.7. The lowest BCUT2D eigenvalue weighted by Crippen LogP contribution is -2.13. The summed E-state index contributed by atoms with van der Waals surface area (Å²) in [5.74, 6) is -1.68. The van der Waals surface area contributed by atoms with E-state index in [1.807, 2.05) is 0 Å². The van der Waals surface area contributed by atoms with Gasteiger partial charge in [0.1, 0.15) is 11.3 Å². The van der Waals surface area contributed by atoms with Crippen LogP contribution in [0.1, 0.15) is 20.8 Å². The molecule has 0 aliphatic rings. The molecule has 8 heteroatoms. The minimum atomic E-state index is -1.14. The van der Waals surface area contributed by atoms with Gasteiger partial charge >= 0.3 is 5.97 Å². The summed E-state index contributed by atoms with van der Waals surface area (Å²) in [4.78, 5) is 22.0. The lowest BCUT2D eigenvalue weighted by molar-refractivity contribution is 0.0693. The molecule has 0 spiro atoms. The zero-order valence-electron chi connectivity index (χ0n) is 9.91. The Kier molecular flexibility index (Phi) is 3.94. The quantitative estimate of drug-likeness (QED) is 0.879. The summed E-state index contributed by atoms with van der Waals surface area (Å²) in [6, 6.07) is 7.23. The second-order valence-electron chi connectivity index (χ2n) is 3.67. The molecule has 0 saturated carbocycles. The van der Waals surface area contributed by atoms with Gasteiger partial charge in [0.25, 0.3) is 5.91 Å². The molecule has 2 rings (SSSR count). The number of hydrogen-bond acceptors (Lipinski definition) is 5. The van der Waals surface area contributed by atoms with Crippen LogP contribution in [0.5, 0.6) is 11.6 Å². The summed E-state index contributed by atoms with van der Waals surface area (Å²) in [6.07, 6.45) is 0. The summed E-state index contributed by atoms with van der Waals surface area (Å²) < 4.78 is 5.94. The smallest absolute Gasteiger partial charge is 0.339 e. The fourth-order valence-electron chi connectivity index (χ4n) is 1.38. The highest BCUT2D eigenvalue weighted by Gasteiger charge is 2.13. The number of benzene rings is 1. The summed E-state index contributed by atoms with van der Waals surface area (Å²) >= 11 is 3.18. The van der Waals surface area contributed by atoms with Gasteiger partial charge in [-0.2, -0.15) is 0 Å². The van der Waals surface area contributed by atoms with Gasteiger partial charge in [0, 0.05) is 10.5 Å². The first kappa shape index (κ1) is 13.9. The molecule has 20 heavy (non-hydrogen) atoms. The van der Waals surface area contributed by atoms with Gasteiger partial charge in [-0.15, -0.1) is 10.2 Å². The molecule has 1 amide bonds. The molecule has 3 N–H and O–H groups in total. The molecule has 0 bridgehead atoms. The molecule has 1 aromatic heterocycles. The second-order valence-corrected chi connectivity index (χ2v) is 4.58. The molecule has 0 saturated heterocycles. The fraction of sp³-hybridized carbons (Fsp3) is 0. The SMILES string of the molecule is NC(=O)c1ccc(Oc2ccc(Br)cc2C(=O)O)nn1. The molecule has 2 aromatic rings. The van der Waals surface area contributed by atoms with E-state index in [0.29, 0.717) is 4.47 Å². The van der Waals surface area contributed by atoms with Gasteiger partial charge in [-0.1, -0.05) is 15.9 Å². The number of carbonyl (C=O) groups is 2. The predicted octanol–water partition coefficient (Wildman–Crippen LogP) is 1.83. The molecule has 0 unspecified atom stereocenters. The predicted molar refractivity (Wildman–Crippen MR) is 71.7 cm³/mol. The average Bonchev–Trinajstić information content (AvgIpc) is 2.41. The Balaban J connectivity index is 2.30. The van der Waals surface area contributed by atoms with Crippen molar-refractivity contribution in [2.75, 3.05) is 0 Å². The minimum absolute atomic E-state index is 0.00776. The van der Waals surface area contributed by atoms with Gasteiger partial charge < -0.3 is 15.6 Å². The first-order chi connectivity index (χ1) is 9.47. The van der Waals surface area contributed by atoms with E-state index in [2.05, 4.69) is 26.1 Å². The Morgan fingerprint density at radius 1 is 1.20 bits per heavy atom. The van der Waals surface area contributed by atoms with E-state index in [4.69, 9.17) is 15.6 Å². The van der Waals surface area contributed by atoms with Crippen LogP contribution in [0.15, 0.2) is 34.8 Å². The van der Waals surface area contributed by atoms with Gasteiger partial charge in [0.2, 0.25) is 5.88 Å². The van der Waals surface area contributed by atoms with Crippen LogP contribution in [-0.4, -0.2) is 27.2 Å². The van der Waals surface area contributed by atoms with Gasteiger partial charge in [-0.3, -0.25) is 4.79 Å². The minimum Gasteiger partial charge on any atom is -0.478 e. The summed E-state index contributed by atoms with van der Waals surface area (Å²) in [5.41, 5.74) is 5.00. The van der Waals surface area contributed by atoms with Crippen molar-refractivity contribution in [3.63, 3.8) is 0 Å². The maximum absolute atomic E-state index is 11.1. The average molecular weight is 338 g/mol. The third-order valence-corrected chi connectivity index (χ3v) is 2.77. The van der Waals surface area contributed by atoms with Crippen molar-refractivity contribution < 1.29 is 19.4 Å². The van der Waals surface area contributed by atoms with E-state index in [1.54, 1.807) is 6.07 Å². The number of aromatic nitrogens is 2. The number of carbonyl (C=O) groups excluding carboxylic acids is 1. The molecule has 0 radical (unpaired) electrons. The Labute approximate surface area is 121 Å². The van der Waals surface area contributed by atoms with Crippen molar-refractivity contribution >= 4 is 27.8 Å². The first-order valence-corrected chi connectivity index (χ1v) is 6.11. The standard InChI is InChI=1S/C12H8BrN3O4/c13-6-1-3-9(7(5-6)12(18)19)20-10-4-2-8(11(14)17)15-16-10/h1-5H,(H2,14,17)(H,18,19). The zero-order valence-corrected chi connectivity index (χ0v) is 11.5. The monoisotopic (exact) mass is 337 g/mol. The van der Waals surface area contributed by atoms with Crippen molar-refractivity contribution in [2.45, 2.75) is 0 Å². The van der Waals surface area contributed by atoms with E-state index in [-0.39, 0.29) is 22.9 Å². The van der Waals surface area contributed by atoms with Crippen molar-refractivity contribution in [3.8, 4) is 11.6 Å². The number of aromatic carboxylic acids is 1. The summed E-state index contributed by atoms with van der Waals surface area (Å²) in [7, 11) is 0. The fourth-order valence-corrected chi connectivity index (χ4v) is 1.74. The van der Waals surface area contributed by atoms with Gasteiger partial charge in [0.15, 0.2) is 5.69 Å². The molecule has 0 fully saturated rings. The summed E-state index contributed by atoms with van der Waals surface area (Å²) in [5, 5.41) is 16.3. The van der Waals surface area contributed by atoms with Crippen LogP contribution in [0.4, 0.5) is 0 Å². The van der Waals surface area contributed by atoms with Crippen LogP contribution in [0.25, 0.3) is 0 Å². The second kappa shape index (κ2) is 5.66. The largest absolute Gasteiger partial charge is 0.478 e. The number of carboxylic acid groups (broad SMARTS) is 1. The Morgan fingerprint density at radius 3 is 2.50 bits per heavy atom. The van der Waals surface area contributed by atoms with E-state index >= 15 is 0 Å². The number of carboxylic acids is 1. The van der Waals surface area contributed by atoms with Crippen LogP contribution in [0.3, 0.4) is 0 Å². The van der Waals surface area contributed by atoms with Crippen LogP contribution in [-0.2, 0) is 0 Å². The number of nitrogens with two attached hydrogens (primary N) is 1. The van der Waals surface area contributed by atoms with Crippen LogP contribution in [0, 0.1) is 0 Å². The number of ether oxygens (including phenoxy) is 1. The van der Waals surface area contributed by atoms with E-state index in [9.17, 15) is 9.59 Å². The molecule has 7 nitrogen and oxygen atoms in total. The van der Waals surface area contributed by atoms with Gasteiger partial charge in [-0.25, -0.2) is 4.79 Å². The highest BCUT2D eigenvalue weighted by Crippen LogP contribution is 2.26. The molecular weight excluding hydrogens is 330 g/mol. The topological polar surface area (TPSA) is 115 Å². The number of primary amides is 1. The molecule has 102 valence electrons. The lowest BCUT2D eigenvalue weighted by atomic mass is 10.2. The molecule has 1 heterocycles. The Bertz CT molecular complexity index is 673. The molecule has 0 aliphatic carbocycles. The molecule has 0 atom stereocenters. The van der Waals surface area contributed by atoms with Gasteiger partial charge in [-0.05, 0) is 24.3 Å². The van der Waals surface area contributed by atoms with Crippen LogP contribution in [0.2, 0.25) is 0 Å². The number of rotatable bonds is 4. The molecular formula is C12H8BrN3O4. The van der Waals surface area contributed by atoms with Crippen molar-refractivity contribution in [2.24, 2.45) is 5.73 Å².